The topological polar surface area (TPSA) is 89.8 Å². The van der Waals surface area contributed by atoms with Crippen LogP contribution in [0.2, 0.25) is 0 Å². The fourth-order valence-corrected chi connectivity index (χ4v) is 0.817. The van der Waals surface area contributed by atoms with Gasteiger partial charge in [0.25, 0.3) is 0 Å². The van der Waals surface area contributed by atoms with Crippen molar-refractivity contribution in [3.8, 4) is 0 Å². The molecule has 0 rings (SSSR count). The molecule has 5 heteroatoms. The number of hydrogen-bond donors (Lipinski definition) is 4. The smallest absolute Gasteiger partial charge is 0.243 e. The Kier molecular flexibility index (Phi) is 5.29. The van der Waals surface area contributed by atoms with Gasteiger partial charge in [0, 0.05) is 0 Å². The van der Waals surface area contributed by atoms with Crippen LogP contribution in [0.1, 0.15) is 6.92 Å². The van der Waals surface area contributed by atoms with Gasteiger partial charge in [-0.25, -0.2) is 0 Å². The van der Waals surface area contributed by atoms with Gasteiger partial charge in [-0.2, -0.15) is 0 Å². The van der Waals surface area contributed by atoms with Gasteiger partial charge in [-0.1, -0.05) is 6.58 Å². The van der Waals surface area contributed by atoms with Gasteiger partial charge >= 0.3 is 0 Å². The summed E-state index contributed by atoms with van der Waals surface area (Å²) in [7, 11) is 0. The van der Waals surface area contributed by atoms with Crippen LogP contribution in [0, 0.1) is 0 Å². The fraction of sp³-hybridized carbons (Fsp3) is 0.625. The van der Waals surface area contributed by atoms with Crippen molar-refractivity contribution in [3.05, 3.63) is 12.7 Å². The lowest BCUT2D eigenvalue weighted by Crippen LogP contribution is -2.49. The zero-order valence-electron chi connectivity index (χ0n) is 7.47. The summed E-state index contributed by atoms with van der Waals surface area (Å²) in [5, 5.41) is 29.3. The molecule has 0 saturated heterocycles. The van der Waals surface area contributed by atoms with Gasteiger partial charge in [0.2, 0.25) is 5.91 Å². The molecule has 0 aliphatic carbocycles. The highest BCUT2D eigenvalue weighted by molar-refractivity contribution is 5.87. The Morgan fingerprint density at radius 3 is 2.46 bits per heavy atom. The first kappa shape index (κ1) is 12.1. The molecule has 3 atom stereocenters. The van der Waals surface area contributed by atoms with Crippen LogP contribution in [-0.4, -0.2) is 46.1 Å². The van der Waals surface area contributed by atoms with Crippen molar-refractivity contribution in [1.29, 1.82) is 0 Å². The standard InChI is InChI=1S/C8H15NO4/c1-3-7(12)9-6(4-10)8(13)5(2)11/h3,5-6,8,10-11,13H,1,4H2,2H3,(H,9,12)/t5-,6+,8-/m1/s1. The van der Waals surface area contributed by atoms with Crippen LogP contribution in [0.25, 0.3) is 0 Å². The highest BCUT2D eigenvalue weighted by Crippen LogP contribution is 1.99. The molecule has 0 heterocycles. The number of aliphatic hydroxyl groups is 3. The van der Waals surface area contributed by atoms with E-state index in [2.05, 4.69) is 11.9 Å². The summed E-state index contributed by atoms with van der Waals surface area (Å²) in [4.78, 5) is 10.8. The van der Waals surface area contributed by atoms with Gasteiger partial charge in [0.15, 0.2) is 0 Å². The van der Waals surface area contributed by atoms with Gasteiger partial charge in [0.1, 0.15) is 6.10 Å². The van der Waals surface area contributed by atoms with E-state index in [-0.39, 0.29) is 0 Å². The summed E-state index contributed by atoms with van der Waals surface area (Å²) in [5.41, 5.74) is 0. The van der Waals surface area contributed by atoms with Crippen molar-refractivity contribution in [1.82, 2.24) is 5.32 Å². The summed E-state index contributed by atoms with van der Waals surface area (Å²) >= 11 is 0. The summed E-state index contributed by atoms with van der Waals surface area (Å²) < 4.78 is 0. The highest BCUT2D eigenvalue weighted by atomic mass is 16.3. The molecule has 0 unspecified atom stereocenters. The minimum absolute atomic E-state index is 0.439. The molecule has 0 bridgehead atoms. The van der Waals surface area contributed by atoms with Crippen LogP contribution in [-0.2, 0) is 4.79 Å². The maximum atomic E-state index is 10.8. The van der Waals surface area contributed by atoms with Crippen molar-refractivity contribution in [2.45, 2.75) is 25.2 Å². The zero-order valence-corrected chi connectivity index (χ0v) is 7.47. The van der Waals surface area contributed by atoms with E-state index in [1.54, 1.807) is 0 Å². The maximum absolute atomic E-state index is 10.8. The normalized spacial score (nSPS) is 17.2. The van der Waals surface area contributed by atoms with Crippen molar-refractivity contribution < 1.29 is 20.1 Å². The Balaban J connectivity index is 4.16. The molecular formula is C8H15NO4. The molecule has 0 aliphatic rings. The molecule has 0 radical (unpaired) electrons. The van der Waals surface area contributed by atoms with Gasteiger partial charge in [-0.15, -0.1) is 0 Å². The first-order valence-electron chi connectivity index (χ1n) is 3.92. The third kappa shape index (κ3) is 4.02. The summed E-state index contributed by atoms with van der Waals surface area (Å²) in [6.45, 7) is 4.14. The second-order valence-corrected chi connectivity index (χ2v) is 2.73. The van der Waals surface area contributed by atoms with Gasteiger partial charge < -0.3 is 20.6 Å². The molecule has 76 valence electrons. The quantitative estimate of drug-likeness (QED) is 0.392. The van der Waals surface area contributed by atoms with Crippen LogP contribution in [0.5, 0.6) is 0 Å². The molecule has 5 nitrogen and oxygen atoms in total. The molecular weight excluding hydrogens is 174 g/mol. The lowest BCUT2D eigenvalue weighted by Gasteiger charge is -2.23. The molecule has 4 N–H and O–H groups in total. The third-order valence-corrected chi connectivity index (χ3v) is 1.62. The molecule has 0 aliphatic heterocycles. The molecule has 0 aromatic heterocycles. The number of amides is 1. The minimum atomic E-state index is -1.19. The second-order valence-electron chi connectivity index (χ2n) is 2.73. The highest BCUT2D eigenvalue weighted by Gasteiger charge is 2.23. The Bertz CT molecular complexity index is 181. The number of carbonyl (C=O) groups excluding carboxylic acids is 1. The molecule has 1 amide bonds. The predicted octanol–water partition coefficient (Wildman–Crippen LogP) is -1.61. The lowest BCUT2D eigenvalue weighted by atomic mass is 10.1. The van der Waals surface area contributed by atoms with Crippen molar-refractivity contribution in [2.24, 2.45) is 0 Å². The number of aliphatic hydroxyl groups excluding tert-OH is 3. The average molecular weight is 189 g/mol. The first-order chi connectivity index (χ1) is 6.02. The van der Waals surface area contributed by atoms with Crippen molar-refractivity contribution in [2.75, 3.05) is 6.61 Å². The zero-order chi connectivity index (χ0) is 10.4. The van der Waals surface area contributed by atoms with E-state index in [0.29, 0.717) is 0 Å². The van der Waals surface area contributed by atoms with Gasteiger partial charge in [-0.3, -0.25) is 4.79 Å². The third-order valence-electron chi connectivity index (χ3n) is 1.62. The Morgan fingerprint density at radius 1 is 1.62 bits per heavy atom. The van der Waals surface area contributed by atoms with Gasteiger partial charge in [-0.05, 0) is 13.0 Å². The van der Waals surface area contributed by atoms with Crippen LogP contribution in [0.15, 0.2) is 12.7 Å². The van der Waals surface area contributed by atoms with E-state index in [4.69, 9.17) is 10.2 Å². The van der Waals surface area contributed by atoms with Crippen LogP contribution >= 0.6 is 0 Å². The average Bonchev–Trinajstić information content (AvgIpc) is 2.12. The summed E-state index contributed by atoms with van der Waals surface area (Å²) in [6.07, 6.45) is -1.17. The van der Waals surface area contributed by atoms with Crippen molar-refractivity contribution >= 4 is 5.91 Å². The first-order valence-corrected chi connectivity index (χ1v) is 3.92. The fourth-order valence-electron chi connectivity index (χ4n) is 0.817. The lowest BCUT2D eigenvalue weighted by molar-refractivity contribution is -0.119. The molecule has 0 fully saturated rings. The van der Waals surface area contributed by atoms with E-state index in [0.717, 1.165) is 6.08 Å². The minimum Gasteiger partial charge on any atom is -0.394 e. The monoisotopic (exact) mass is 189 g/mol. The van der Waals surface area contributed by atoms with E-state index >= 15 is 0 Å². The van der Waals surface area contributed by atoms with Gasteiger partial charge in [0.05, 0.1) is 18.8 Å². The van der Waals surface area contributed by atoms with Crippen LogP contribution in [0.4, 0.5) is 0 Å². The number of nitrogens with one attached hydrogen (secondary N) is 1. The Labute approximate surface area is 76.7 Å². The Morgan fingerprint density at radius 2 is 2.15 bits per heavy atom. The molecule has 0 aromatic carbocycles. The predicted molar refractivity (Wildman–Crippen MR) is 46.9 cm³/mol. The van der Waals surface area contributed by atoms with E-state index in [9.17, 15) is 9.90 Å². The van der Waals surface area contributed by atoms with E-state index in [1.807, 2.05) is 0 Å². The molecule has 0 saturated carbocycles. The summed E-state index contributed by atoms with van der Waals surface area (Å²) in [5.74, 6) is -0.501. The van der Waals surface area contributed by atoms with E-state index in [1.165, 1.54) is 6.92 Å². The number of hydrogen-bond acceptors (Lipinski definition) is 4. The van der Waals surface area contributed by atoms with E-state index < -0.39 is 30.8 Å². The second kappa shape index (κ2) is 5.69. The maximum Gasteiger partial charge on any atom is 0.243 e. The molecule has 0 aromatic rings. The SMILES string of the molecule is C=CC(=O)N[C@@H](CO)[C@H](O)[C@@H](C)O. The summed E-state index contributed by atoms with van der Waals surface area (Å²) in [6, 6.07) is -0.870. The largest absolute Gasteiger partial charge is 0.394 e. The molecule has 13 heavy (non-hydrogen) atoms. The van der Waals surface area contributed by atoms with Crippen molar-refractivity contribution in [3.63, 3.8) is 0 Å². The van der Waals surface area contributed by atoms with Crippen LogP contribution < -0.4 is 5.32 Å². The Hall–Kier alpha value is -0.910. The molecule has 0 spiro atoms. The van der Waals surface area contributed by atoms with Crippen LogP contribution in [0.3, 0.4) is 0 Å². The number of carbonyl (C=O) groups is 1. The number of rotatable bonds is 5.